The Bertz CT molecular complexity index is 1410. The standard InChI is InChI=1S/C15H13N3O4S.C7H5NO4/c1-18-13(15(20)17-12-8-4-5-9-16-12)14(19)10-6-2-3-7-11(10)23(18,21)22;9-7(10)5-2-1-3-6(4-5)8(11)12/h2-9,19H,1H3,(H,16,17,20);1-4H,(H,9,10). The van der Waals surface area contributed by atoms with E-state index in [4.69, 9.17) is 5.11 Å². The third-order valence-electron chi connectivity index (χ3n) is 4.75. The number of fused-ring (bicyclic) bond motifs is 1. The summed E-state index contributed by atoms with van der Waals surface area (Å²) in [5.41, 5.74) is -0.551. The Morgan fingerprint density at radius 2 is 1.74 bits per heavy atom. The number of nitro groups is 1. The molecule has 3 N–H and O–H groups in total. The van der Waals surface area contributed by atoms with Crippen LogP contribution in [0, 0.1) is 10.1 Å². The number of hydrogen-bond acceptors (Lipinski definition) is 8. The van der Waals surface area contributed by atoms with Gasteiger partial charge in [0.05, 0.1) is 15.4 Å². The van der Waals surface area contributed by atoms with E-state index in [9.17, 15) is 33.2 Å². The van der Waals surface area contributed by atoms with Gasteiger partial charge < -0.3 is 15.5 Å². The summed E-state index contributed by atoms with van der Waals surface area (Å²) < 4.78 is 25.8. The summed E-state index contributed by atoms with van der Waals surface area (Å²) in [6.07, 6.45) is 1.49. The SMILES string of the molecule is CN1C(C(=O)Nc2ccccn2)=C(O)c2ccccc2S1(=O)=O.O=C(O)c1cccc([N+](=O)[O-])c1. The smallest absolute Gasteiger partial charge is 0.335 e. The molecule has 0 atom stereocenters. The van der Waals surface area contributed by atoms with E-state index in [0.29, 0.717) is 0 Å². The molecule has 3 aromatic rings. The number of carbonyl (C=O) groups is 2. The minimum Gasteiger partial charge on any atom is -0.505 e. The van der Waals surface area contributed by atoms with Crippen LogP contribution in [0.5, 0.6) is 0 Å². The van der Waals surface area contributed by atoms with Crippen molar-refractivity contribution in [2.45, 2.75) is 4.90 Å². The highest BCUT2D eigenvalue weighted by atomic mass is 32.2. The summed E-state index contributed by atoms with van der Waals surface area (Å²) in [7, 11) is -2.69. The zero-order valence-corrected chi connectivity index (χ0v) is 18.8. The fourth-order valence-electron chi connectivity index (χ4n) is 3.05. The molecule has 0 radical (unpaired) electrons. The summed E-state index contributed by atoms with van der Waals surface area (Å²) in [5.74, 6) is -2.07. The third kappa shape index (κ3) is 5.25. The highest BCUT2D eigenvalue weighted by Crippen LogP contribution is 2.34. The number of sulfonamides is 1. The maximum absolute atomic E-state index is 12.5. The molecule has 0 unspecified atom stereocenters. The molecule has 1 aliphatic heterocycles. The molecule has 0 fully saturated rings. The van der Waals surface area contributed by atoms with Crippen LogP contribution >= 0.6 is 0 Å². The van der Waals surface area contributed by atoms with Crippen LogP contribution in [0.15, 0.2) is 83.5 Å². The predicted molar refractivity (Wildman–Crippen MR) is 124 cm³/mol. The Morgan fingerprint density at radius 1 is 1.06 bits per heavy atom. The fraction of sp³-hybridized carbons (Fsp3) is 0.0455. The van der Waals surface area contributed by atoms with Crippen LogP contribution in [0.2, 0.25) is 0 Å². The fourth-order valence-corrected chi connectivity index (χ4v) is 4.44. The van der Waals surface area contributed by atoms with Crippen LogP contribution < -0.4 is 5.32 Å². The molecule has 0 aliphatic carbocycles. The quantitative estimate of drug-likeness (QED) is 0.360. The van der Waals surface area contributed by atoms with Gasteiger partial charge in [-0.2, -0.15) is 0 Å². The van der Waals surface area contributed by atoms with Gasteiger partial charge in [-0.25, -0.2) is 18.2 Å². The molecule has 0 spiro atoms. The first-order valence-corrected chi connectivity index (χ1v) is 11.2. The number of non-ortho nitro benzene ring substituents is 1. The first-order valence-electron chi connectivity index (χ1n) is 9.75. The number of likely N-dealkylation sites (N-methyl/N-ethyl adjacent to an activating group) is 1. The van der Waals surface area contributed by atoms with Crippen LogP contribution in [0.1, 0.15) is 15.9 Å². The summed E-state index contributed by atoms with van der Waals surface area (Å²) >= 11 is 0. The highest BCUT2D eigenvalue weighted by molar-refractivity contribution is 7.89. The van der Waals surface area contributed by atoms with Crippen molar-refractivity contribution in [1.82, 2.24) is 9.29 Å². The molecule has 1 aromatic heterocycles. The Kier molecular flexibility index (Phi) is 7.11. The van der Waals surface area contributed by atoms with Crippen molar-refractivity contribution in [3.8, 4) is 0 Å². The monoisotopic (exact) mass is 498 g/mol. The minimum absolute atomic E-state index is 0.0469. The molecule has 1 aliphatic rings. The zero-order chi connectivity index (χ0) is 25.8. The Balaban J connectivity index is 0.000000241. The van der Waals surface area contributed by atoms with Crippen molar-refractivity contribution in [1.29, 1.82) is 0 Å². The van der Waals surface area contributed by atoms with Gasteiger partial charge in [0.2, 0.25) is 0 Å². The lowest BCUT2D eigenvalue weighted by Gasteiger charge is -2.28. The first-order chi connectivity index (χ1) is 16.5. The van der Waals surface area contributed by atoms with E-state index < -0.39 is 32.6 Å². The largest absolute Gasteiger partial charge is 0.505 e. The molecular weight excluding hydrogens is 480 g/mol. The van der Waals surface area contributed by atoms with Crippen molar-refractivity contribution < 1.29 is 33.1 Å². The van der Waals surface area contributed by atoms with Crippen LogP contribution in [0.3, 0.4) is 0 Å². The average molecular weight is 498 g/mol. The number of nitro benzene ring substituents is 1. The first kappa shape index (κ1) is 24.9. The molecule has 0 saturated carbocycles. The van der Waals surface area contributed by atoms with Crippen molar-refractivity contribution in [3.63, 3.8) is 0 Å². The summed E-state index contributed by atoms with van der Waals surface area (Å²) in [6.45, 7) is 0. The van der Waals surface area contributed by atoms with Gasteiger partial charge in [0.1, 0.15) is 5.82 Å². The van der Waals surface area contributed by atoms with Crippen molar-refractivity contribution in [2.75, 3.05) is 12.4 Å². The summed E-state index contributed by atoms with van der Waals surface area (Å²) in [6, 6.07) is 15.8. The lowest BCUT2D eigenvalue weighted by Crippen LogP contribution is -2.37. The molecule has 0 saturated heterocycles. The normalized spacial score (nSPS) is 13.7. The Labute approximate surface area is 199 Å². The van der Waals surface area contributed by atoms with E-state index in [2.05, 4.69) is 10.3 Å². The number of nitrogens with zero attached hydrogens (tertiary/aromatic N) is 3. The molecular formula is C22H18N4O8S. The Morgan fingerprint density at radius 3 is 2.37 bits per heavy atom. The van der Waals surface area contributed by atoms with E-state index in [1.165, 1.54) is 43.6 Å². The number of anilines is 1. The molecule has 12 nitrogen and oxygen atoms in total. The number of pyridine rings is 1. The second-order valence-electron chi connectivity index (χ2n) is 6.95. The van der Waals surface area contributed by atoms with Gasteiger partial charge in [-0.05, 0) is 30.3 Å². The van der Waals surface area contributed by atoms with Gasteiger partial charge in [-0.3, -0.25) is 19.2 Å². The van der Waals surface area contributed by atoms with Gasteiger partial charge >= 0.3 is 5.97 Å². The topological polar surface area (TPSA) is 180 Å². The molecule has 2 heterocycles. The molecule has 2 aromatic carbocycles. The number of aromatic carboxylic acids is 1. The Hall–Kier alpha value is -4.78. The van der Waals surface area contributed by atoms with Gasteiger partial charge in [-0.15, -0.1) is 0 Å². The second-order valence-corrected chi connectivity index (χ2v) is 8.89. The molecule has 4 rings (SSSR count). The van der Waals surface area contributed by atoms with Crippen molar-refractivity contribution >= 4 is 39.2 Å². The van der Waals surface area contributed by atoms with Crippen LogP contribution in [0.25, 0.3) is 5.76 Å². The van der Waals surface area contributed by atoms with E-state index in [-0.39, 0.29) is 33.2 Å². The molecule has 13 heteroatoms. The number of carboxylic acids is 1. The number of aromatic nitrogens is 1. The zero-order valence-electron chi connectivity index (χ0n) is 18.0. The number of hydrogen-bond donors (Lipinski definition) is 3. The second kappa shape index (κ2) is 10.0. The average Bonchev–Trinajstić information content (AvgIpc) is 2.84. The van der Waals surface area contributed by atoms with Crippen LogP contribution in [-0.2, 0) is 14.8 Å². The maximum atomic E-state index is 12.5. The van der Waals surface area contributed by atoms with E-state index in [1.807, 2.05) is 0 Å². The van der Waals surface area contributed by atoms with E-state index in [1.54, 1.807) is 30.3 Å². The summed E-state index contributed by atoms with van der Waals surface area (Å²) in [4.78, 5) is 36.2. The van der Waals surface area contributed by atoms with Crippen molar-refractivity contribution in [3.05, 3.63) is 99.9 Å². The maximum Gasteiger partial charge on any atom is 0.335 e. The van der Waals surface area contributed by atoms with Crippen LogP contribution in [0.4, 0.5) is 11.5 Å². The number of nitrogens with one attached hydrogen (secondary N) is 1. The summed E-state index contributed by atoms with van der Waals surface area (Å²) in [5, 5.41) is 31.5. The molecule has 180 valence electrons. The van der Waals surface area contributed by atoms with E-state index >= 15 is 0 Å². The molecule has 0 bridgehead atoms. The van der Waals surface area contributed by atoms with Gasteiger partial charge in [0, 0.05) is 30.9 Å². The predicted octanol–water partition coefficient (Wildman–Crippen LogP) is 2.87. The number of rotatable bonds is 4. The lowest BCUT2D eigenvalue weighted by atomic mass is 10.1. The highest BCUT2D eigenvalue weighted by Gasteiger charge is 2.37. The van der Waals surface area contributed by atoms with Gasteiger partial charge in [0.25, 0.3) is 21.6 Å². The number of carboxylic acid groups (broad SMARTS) is 1. The number of carbonyl (C=O) groups excluding carboxylic acids is 1. The lowest BCUT2D eigenvalue weighted by molar-refractivity contribution is -0.384. The number of amides is 1. The van der Waals surface area contributed by atoms with Gasteiger partial charge in [-0.1, -0.05) is 24.3 Å². The van der Waals surface area contributed by atoms with E-state index in [0.717, 1.165) is 10.4 Å². The number of aliphatic hydroxyl groups is 1. The van der Waals surface area contributed by atoms with Gasteiger partial charge in [0.15, 0.2) is 11.5 Å². The van der Waals surface area contributed by atoms with Crippen molar-refractivity contribution in [2.24, 2.45) is 0 Å². The molecule has 35 heavy (non-hydrogen) atoms. The number of benzene rings is 2. The molecule has 1 amide bonds. The minimum atomic E-state index is -3.91. The third-order valence-corrected chi connectivity index (χ3v) is 6.56. The van der Waals surface area contributed by atoms with Crippen LogP contribution in [-0.4, -0.2) is 51.8 Å². The number of aliphatic hydroxyl groups excluding tert-OH is 1.